The minimum Gasteiger partial charge on any atom is -0.497 e. The van der Waals surface area contributed by atoms with Crippen molar-refractivity contribution in [2.75, 3.05) is 33.9 Å². The molecule has 1 aromatic carbocycles. The lowest BCUT2D eigenvalue weighted by atomic mass is 9.97. The maximum atomic E-state index is 12.4. The van der Waals surface area contributed by atoms with Gasteiger partial charge in [0.25, 0.3) is 5.91 Å². The lowest BCUT2D eigenvalue weighted by molar-refractivity contribution is -0.149. The lowest BCUT2D eigenvalue weighted by Crippen LogP contribution is -2.39. The second-order valence-electron chi connectivity index (χ2n) is 6.43. The number of esters is 1. The van der Waals surface area contributed by atoms with E-state index in [-0.39, 0.29) is 17.8 Å². The summed E-state index contributed by atoms with van der Waals surface area (Å²) in [6.07, 6.45) is 3.20. The van der Waals surface area contributed by atoms with Crippen LogP contribution >= 0.6 is 11.8 Å². The molecular weight excluding hydrogens is 380 g/mol. The monoisotopic (exact) mass is 404 g/mol. The van der Waals surface area contributed by atoms with Crippen LogP contribution in [0, 0.1) is 5.92 Å². The van der Waals surface area contributed by atoms with Crippen LogP contribution in [0.1, 0.15) is 25.3 Å². The Morgan fingerprint density at radius 3 is 2.68 bits per heavy atom. The zero-order valence-corrected chi connectivity index (χ0v) is 17.1. The SMILES string of the molecule is CCOC(=O)C1CCN(C2=NC(=O)/C(=C\c3ccc(OC)cc3OC)S2)CC1. The van der Waals surface area contributed by atoms with Crippen LogP contribution in [-0.4, -0.2) is 55.9 Å². The second kappa shape index (κ2) is 9.14. The molecule has 1 amide bonds. The van der Waals surface area contributed by atoms with Crippen LogP contribution < -0.4 is 9.47 Å². The first-order chi connectivity index (χ1) is 13.5. The second-order valence-corrected chi connectivity index (χ2v) is 7.44. The number of carbonyl (C=O) groups excluding carboxylic acids is 2. The Bertz CT molecular complexity index is 813. The van der Waals surface area contributed by atoms with E-state index in [1.807, 2.05) is 19.1 Å². The van der Waals surface area contributed by atoms with Crippen molar-refractivity contribution in [3.05, 3.63) is 28.7 Å². The first-order valence-electron chi connectivity index (χ1n) is 9.21. The molecule has 8 heteroatoms. The average molecular weight is 404 g/mol. The minimum absolute atomic E-state index is 0.0718. The van der Waals surface area contributed by atoms with Gasteiger partial charge < -0.3 is 19.1 Å². The fourth-order valence-corrected chi connectivity index (χ4v) is 4.13. The highest BCUT2D eigenvalue weighted by molar-refractivity contribution is 8.18. The van der Waals surface area contributed by atoms with Gasteiger partial charge in [-0.25, -0.2) is 0 Å². The predicted octanol–water partition coefficient (Wildman–Crippen LogP) is 2.95. The first kappa shape index (κ1) is 20.3. The molecule has 3 rings (SSSR count). The van der Waals surface area contributed by atoms with Crippen molar-refractivity contribution >= 4 is 34.9 Å². The Hall–Kier alpha value is -2.48. The third kappa shape index (κ3) is 4.49. The number of thioether (sulfide) groups is 1. The molecule has 0 saturated carbocycles. The highest BCUT2D eigenvalue weighted by Crippen LogP contribution is 2.34. The van der Waals surface area contributed by atoms with Gasteiger partial charge in [-0.1, -0.05) is 0 Å². The molecule has 0 aliphatic carbocycles. The number of hydrogen-bond acceptors (Lipinski definition) is 7. The highest BCUT2D eigenvalue weighted by Gasteiger charge is 2.31. The van der Waals surface area contributed by atoms with Gasteiger partial charge in [0.1, 0.15) is 11.5 Å². The van der Waals surface area contributed by atoms with Crippen LogP contribution in [0.4, 0.5) is 0 Å². The quantitative estimate of drug-likeness (QED) is 0.551. The fraction of sp³-hybridized carbons (Fsp3) is 0.450. The summed E-state index contributed by atoms with van der Waals surface area (Å²) in [7, 11) is 3.17. The van der Waals surface area contributed by atoms with Gasteiger partial charge >= 0.3 is 5.97 Å². The molecule has 0 aromatic heterocycles. The van der Waals surface area contributed by atoms with Crippen LogP contribution in [-0.2, 0) is 14.3 Å². The molecule has 2 aliphatic rings. The highest BCUT2D eigenvalue weighted by atomic mass is 32.2. The summed E-state index contributed by atoms with van der Waals surface area (Å²) in [5.41, 5.74) is 0.789. The molecule has 0 atom stereocenters. The van der Waals surface area contributed by atoms with Gasteiger partial charge in [-0.15, -0.1) is 0 Å². The van der Waals surface area contributed by atoms with E-state index >= 15 is 0 Å². The predicted molar refractivity (Wildman–Crippen MR) is 108 cm³/mol. The van der Waals surface area contributed by atoms with E-state index in [1.165, 1.54) is 11.8 Å². The summed E-state index contributed by atoms with van der Waals surface area (Å²) < 4.78 is 15.7. The molecule has 0 spiro atoms. The third-order valence-corrected chi connectivity index (χ3v) is 5.77. The number of benzene rings is 1. The Morgan fingerprint density at radius 1 is 1.29 bits per heavy atom. The van der Waals surface area contributed by atoms with Crippen LogP contribution in [0.2, 0.25) is 0 Å². The summed E-state index contributed by atoms with van der Waals surface area (Å²) in [6.45, 7) is 3.58. The summed E-state index contributed by atoms with van der Waals surface area (Å²) in [5, 5.41) is 0.686. The Kier molecular flexibility index (Phi) is 6.61. The van der Waals surface area contributed by atoms with Crippen molar-refractivity contribution in [3.8, 4) is 11.5 Å². The normalized spacial score (nSPS) is 19.0. The molecule has 2 aliphatic heterocycles. The number of carbonyl (C=O) groups is 2. The Balaban J connectivity index is 1.66. The van der Waals surface area contributed by atoms with Crippen molar-refractivity contribution in [2.45, 2.75) is 19.8 Å². The van der Waals surface area contributed by atoms with E-state index in [1.54, 1.807) is 26.4 Å². The standard InChI is InChI=1S/C20H24N2O5S/c1-4-27-19(24)13-7-9-22(10-8-13)20-21-18(23)17(28-20)11-14-5-6-15(25-2)12-16(14)26-3/h5-6,11-13H,4,7-10H2,1-3H3/b17-11+. The maximum absolute atomic E-state index is 12.4. The summed E-state index contributed by atoms with van der Waals surface area (Å²) in [5.74, 6) is 0.851. The van der Waals surface area contributed by atoms with Gasteiger partial charge in [-0.3, -0.25) is 9.59 Å². The Labute approximate surface area is 168 Å². The van der Waals surface area contributed by atoms with Crippen molar-refractivity contribution in [3.63, 3.8) is 0 Å². The van der Waals surface area contributed by atoms with Gasteiger partial charge in [0.15, 0.2) is 5.17 Å². The number of aliphatic imine (C=N–C) groups is 1. The molecule has 1 aromatic rings. The number of hydrogen-bond donors (Lipinski definition) is 0. The van der Waals surface area contributed by atoms with E-state index < -0.39 is 0 Å². The van der Waals surface area contributed by atoms with E-state index in [0.717, 1.165) is 5.56 Å². The summed E-state index contributed by atoms with van der Waals surface area (Å²) in [6, 6.07) is 5.45. The van der Waals surface area contributed by atoms with Crippen molar-refractivity contribution in [1.82, 2.24) is 4.90 Å². The zero-order valence-electron chi connectivity index (χ0n) is 16.3. The number of piperidine rings is 1. The number of likely N-dealkylation sites (tertiary alicyclic amines) is 1. The van der Waals surface area contributed by atoms with Crippen LogP contribution in [0.5, 0.6) is 11.5 Å². The molecule has 1 fully saturated rings. The smallest absolute Gasteiger partial charge is 0.309 e. The van der Waals surface area contributed by atoms with Gasteiger partial charge in [0, 0.05) is 24.7 Å². The van der Waals surface area contributed by atoms with Crippen molar-refractivity contribution in [1.29, 1.82) is 0 Å². The maximum Gasteiger partial charge on any atom is 0.309 e. The molecule has 2 heterocycles. The van der Waals surface area contributed by atoms with Crippen molar-refractivity contribution in [2.24, 2.45) is 10.9 Å². The van der Waals surface area contributed by atoms with E-state index in [4.69, 9.17) is 14.2 Å². The van der Waals surface area contributed by atoms with Gasteiger partial charge in [-0.05, 0) is 49.7 Å². The van der Waals surface area contributed by atoms with E-state index in [2.05, 4.69) is 9.89 Å². The summed E-state index contributed by atoms with van der Waals surface area (Å²) >= 11 is 1.35. The molecule has 150 valence electrons. The Morgan fingerprint density at radius 2 is 2.04 bits per heavy atom. The number of amides is 1. The van der Waals surface area contributed by atoms with E-state index in [0.29, 0.717) is 54.1 Å². The molecule has 28 heavy (non-hydrogen) atoms. The van der Waals surface area contributed by atoms with E-state index in [9.17, 15) is 9.59 Å². The molecule has 0 radical (unpaired) electrons. The van der Waals surface area contributed by atoms with Gasteiger partial charge in [-0.2, -0.15) is 4.99 Å². The lowest BCUT2D eigenvalue weighted by Gasteiger charge is -2.31. The molecule has 0 unspecified atom stereocenters. The number of nitrogens with zero attached hydrogens (tertiary/aromatic N) is 2. The fourth-order valence-electron chi connectivity index (χ4n) is 3.18. The molecule has 0 N–H and O–H groups in total. The minimum atomic E-state index is -0.259. The molecule has 7 nitrogen and oxygen atoms in total. The van der Waals surface area contributed by atoms with Crippen LogP contribution in [0.3, 0.4) is 0 Å². The number of ether oxygens (including phenoxy) is 3. The molecular formula is C20H24N2O5S. The third-order valence-electron chi connectivity index (χ3n) is 4.72. The van der Waals surface area contributed by atoms with Gasteiger partial charge in [0.2, 0.25) is 0 Å². The number of amidine groups is 1. The average Bonchev–Trinajstić information content (AvgIpc) is 3.09. The van der Waals surface area contributed by atoms with Crippen molar-refractivity contribution < 1.29 is 23.8 Å². The zero-order chi connectivity index (χ0) is 20.1. The van der Waals surface area contributed by atoms with Gasteiger partial charge in [0.05, 0.1) is 31.6 Å². The van der Waals surface area contributed by atoms with Crippen LogP contribution in [0.25, 0.3) is 6.08 Å². The number of methoxy groups -OCH3 is 2. The topological polar surface area (TPSA) is 77.4 Å². The summed E-state index contributed by atoms with van der Waals surface area (Å²) in [4.78, 5) is 31.1. The molecule has 0 bridgehead atoms. The van der Waals surface area contributed by atoms with Crippen LogP contribution in [0.15, 0.2) is 28.1 Å². The largest absolute Gasteiger partial charge is 0.497 e. The molecule has 1 saturated heterocycles. The number of rotatable bonds is 5. The first-order valence-corrected chi connectivity index (χ1v) is 10.0.